The van der Waals surface area contributed by atoms with Gasteiger partial charge in [-0.05, 0) is 47.5 Å². The Kier molecular flexibility index (Phi) is 5.49. The third kappa shape index (κ3) is 4.98. The first-order valence-electron chi connectivity index (χ1n) is 7.26. The van der Waals surface area contributed by atoms with Gasteiger partial charge in [-0.25, -0.2) is 0 Å². The van der Waals surface area contributed by atoms with E-state index in [2.05, 4.69) is 6.07 Å². The third-order valence-electron chi connectivity index (χ3n) is 3.33. The van der Waals surface area contributed by atoms with Crippen LogP contribution in [-0.2, 0) is 4.79 Å². The van der Waals surface area contributed by atoms with Crippen molar-refractivity contribution in [2.45, 2.75) is 0 Å². The van der Waals surface area contributed by atoms with Gasteiger partial charge in [0, 0.05) is 19.8 Å². The Labute approximate surface area is 136 Å². The molecular formula is C20H18N2O. The predicted molar refractivity (Wildman–Crippen MR) is 95.0 cm³/mol. The van der Waals surface area contributed by atoms with Gasteiger partial charge in [0.2, 0.25) is 0 Å². The third-order valence-corrected chi connectivity index (χ3v) is 3.33. The van der Waals surface area contributed by atoms with Crippen LogP contribution in [0.15, 0.2) is 60.7 Å². The maximum absolute atomic E-state index is 11.9. The summed E-state index contributed by atoms with van der Waals surface area (Å²) >= 11 is 0. The molecular weight excluding hydrogens is 284 g/mol. The Morgan fingerprint density at radius 3 is 1.83 bits per heavy atom. The molecule has 23 heavy (non-hydrogen) atoms. The van der Waals surface area contributed by atoms with Crippen LogP contribution in [0.3, 0.4) is 0 Å². The van der Waals surface area contributed by atoms with Gasteiger partial charge in [-0.1, -0.05) is 36.4 Å². The number of carbonyl (C=O) groups excluding carboxylic acids is 1. The quantitative estimate of drug-likeness (QED) is 0.786. The summed E-state index contributed by atoms with van der Waals surface area (Å²) in [4.78, 5) is 13.9. The molecule has 0 saturated heterocycles. The maximum atomic E-state index is 11.9. The standard InChI is InChI=1S/C20H18N2O/c1-22(2)19-11-7-17(8-12-19)10-14-20(23)13-9-16-3-5-18(15-21)6-4-16/h3-14H,1-2H3/b13-9+,14-10+. The molecule has 0 amide bonds. The summed E-state index contributed by atoms with van der Waals surface area (Å²) in [6, 6.07) is 17.1. The van der Waals surface area contributed by atoms with Gasteiger partial charge in [-0.3, -0.25) is 4.79 Å². The molecule has 0 spiro atoms. The number of allylic oxidation sites excluding steroid dienone is 2. The molecule has 0 bridgehead atoms. The minimum absolute atomic E-state index is 0.0777. The second kappa shape index (κ2) is 7.77. The highest BCUT2D eigenvalue weighted by Gasteiger charge is 1.95. The van der Waals surface area contributed by atoms with Gasteiger partial charge < -0.3 is 4.90 Å². The Hall–Kier alpha value is -3.12. The molecule has 2 aromatic rings. The molecule has 0 aliphatic rings. The Balaban J connectivity index is 1.97. The van der Waals surface area contributed by atoms with E-state index >= 15 is 0 Å². The number of nitriles is 1. The van der Waals surface area contributed by atoms with Gasteiger partial charge in [-0.2, -0.15) is 5.26 Å². The zero-order valence-corrected chi connectivity index (χ0v) is 13.2. The van der Waals surface area contributed by atoms with Crippen LogP contribution in [0.4, 0.5) is 5.69 Å². The zero-order chi connectivity index (χ0) is 16.7. The number of hydrogen-bond acceptors (Lipinski definition) is 3. The Morgan fingerprint density at radius 2 is 1.39 bits per heavy atom. The summed E-state index contributed by atoms with van der Waals surface area (Å²) in [6.45, 7) is 0. The lowest BCUT2D eigenvalue weighted by Gasteiger charge is -2.11. The predicted octanol–water partition coefficient (Wildman–Crippen LogP) is 3.92. The summed E-state index contributed by atoms with van der Waals surface area (Å²) in [5, 5.41) is 8.74. The molecule has 0 unspecified atom stereocenters. The van der Waals surface area contributed by atoms with E-state index in [1.807, 2.05) is 55.4 Å². The molecule has 0 heterocycles. The van der Waals surface area contributed by atoms with Crippen molar-refractivity contribution in [1.29, 1.82) is 5.26 Å². The summed E-state index contributed by atoms with van der Waals surface area (Å²) in [6.07, 6.45) is 6.60. The van der Waals surface area contributed by atoms with Crippen molar-refractivity contribution >= 4 is 23.6 Å². The first-order valence-corrected chi connectivity index (χ1v) is 7.26. The minimum atomic E-state index is -0.0777. The van der Waals surface area contributed by atoms with Crippen LogP contribution in [-0.4, -0.2) is 19.9 Å². The molecule has 0 N–H and O–H groups in total. The van der Waals surface area contributed by atoms with Crippen LogP contribution < -0.4 is 4.90 Å². The van der Waals surface area contributed by atoms with Gasteiger partial charge in [0.25, 0.3) is 0 Å². The summed E-state index contributed by atoms with van der Waals surface area (Å²) in [5.74, 6) is -0.0777. The fourth-order valence-electron chi connectivity index (χ4n) is 1.96. The van der Waals surface area contributed by atoms with Gasteiger partial charge in [0.15, 0.2) is 5.78 Å². The zero-order valence-electron chi connectivity index (χ0n) is 13.2. The molecule has 0 radical (unpaired) electrons. The Bertz CT molecular complexity index is 761. The lowest BCUT2D eigenvalue weighted by Crippen LogP contribution is -2.07. The number of carbonyl (C=O) groups is 1. The highest BCUT2D eigenvalue weighted by molar-refractivity contribution is 6.04. The molecule has 0 saturated carbocycles. The van der Waals surface area contributed by atoms with Crippen molar-refractivity contribution in [3.63, 3.8) is 0 Å². The van der Waals surface area contributed by atoms with Crippen LogP contribution in [0, 0.1) is 11.3 Å². The number of nitrogens with zero attached hydrogens (tertiary/aromatic N) is 2. The number of hydrogen-bond donors (Lipinski definition) is 0. The van der Waals surface area contributed by atoms with Crippen LogP contribution in [0.5, 0.6) is 0 Å². The van der Waals surface area contributed by atoms with E-state index in [1.54, 1.807) is 30.4 Å². The largest absolute Gasteiger partial charge is 0.378 e. The SMILES string of the molecule is CN(C)c1ccc(/C=C/C(=O)/C=C/c2ccc(C#N)cc2)cc1. The van der Waals surface area contributed by atoms with Crippen LogP contribution in [0.2, 0.25) is 0 Å². The van der Waals surface area contributed by atoms with E-state index in [-0.39, 0.29) is 5.78 Å². The van der Waals surface area contributed by atoms with Crippen molar-refractivity contribution in [3.05, 3.63) is 77.4 Å². The summed E-state index contributed by atoms with van der Waals surface area (Å²) in [5.41, 5.74) is 3.60. The molecule has 114 valence electrons. The van der Waals surface area contributed by atoms with Crippen molar-refractivity contribution in [3.8, 4) is 6.07 Å². The highest BCUT2D eigenvalue weighted by Crippen LogP contribution is 2.13. The van der Waals surface area contributed by atoms with E-state index in [0.717, 1.165) is 16.8 Å². The van der Waals surface area contributed by atoms with Crippen molar-refractivity contribution in [2.75, 3.05) is 19.0 Å². The summed E-state index contributed by atoms with van der Waals surface area (Å²) in [7, 11) is 3.98. The number of ketones is 1. The topological polar surface area (TPSA) is 44.1 Å². The average molecular weight is 302 g/mol. The monoisotopic (exact) mass is 302 g/mol. The number of rotatable bonds is 5. The molecule has 0 aliphatic heterocycles. The molecule has 2 rings (SSSR count). The van der Waals surface area contributed by atoms with Crippen LogP contribution >= 0.6 is 0 Å². The second-order valence-corrected chi connectivity index (χ2v) is 5.29. The van der Waals surface area contributed by atoms with E-state index in [9.17, 15) is 4.79 Å². The first-order chi connectivity index (χ1) is 11.1. The van der Waals surface area contributed by atoms with Crippen molar-refractivity contribution < 1.29 is 4.79 Å². The number of anilines is 1. The summed E-state index contributed by atoms with van der Waals surface area (Å²) < 4.78 is 0. The van der Waals surface area contributed by atoms with Gasteiger partial charge in [0.05, 0.1) is 11.6 Å². The number of benzene rings is 2. The molecule has 0 atom stereocenters. The average Bonchev–Trinajstić information content (AvgIpc) is 2.59. The molecule has 0 fully saturated rings. The normalized spacial score (nSPS) is 10.8. The van der Waals surface area contributed by atoms with Crippen molar-refractivity contribution in [2.24, 2.45) is 0 Å². The van der Waals surface area contributed by atoms with E-state index in [1.165, 1.54) is 6.08 Å². The van der Waals surface area contributed by atoms with E-state index in [0.29, 0.717) is 5.56 Å². The molecule has 3 heteroatoms. The first kappa shape index (κ1) is 16.3. The maximum Gasteiger partial charge on any atom is 0.178 e. The Morgan fingerprint density at radius 1 is 0.913 bits per heavy atom. The van der Waals surface area contributed by atoms with E-state index < -0.39 is 0 Å². The van der Waals surface area contributed by atoms with Crippen LogP contribution in [0.1, 0.15) is 16.7 Å². The fraction of sp³-hybridized carbons (Fsp3) is 0.100. The van der Waals surface area contributed by atoms with Gasteiger partial charge in [0.1, 0.15) is 0 Å². The van der Waals surface area contributed by atoms with Gasteiger partial charge >= 0.3 is 0 Å². The van der Waals surface area contributed by atoms with Crippen LogP contribution in [0.25, 0.3) is 12.2 Å². The lowest BCUT2D eigenvalue weighted by atomic mass is 10.1. The second-order valence-electron chi connectivity index (χ2n) is 5.29. The molecule has 0 aromatic heterocycles. The highest BCUT2D eigenvalue weighted by atomic mass is 16.1. The van der Waals surface area contributed by atoms with Gasteiger partial charge in [-0.15, -0.1) is 0 Å². The lowest BCUT2D eigenvalue weighted by molar-refractivity contribution is -0.110. The fourth-order valence-corrected chi connectivity index (χ4v) is 1.96. The molecule has 2 aromatic carbocycles. The molecule has 0 aliphatic carbocycles. The smallest absolute Gasteiger partial charge is 0.178 e. The molecule has 3 nitrogen and oxygen atoms in total. The minimum Gasteiger partial charge on any atom is -0.378 e. The van der Waals surface area contributed by atoms with E-state index in [4.69, 9.17) is 5.26 Å². The van der Waals surface area contributed by atoms with Crippen molar-refractivity contribution in [1.82, 2.24) is 0 Å².